The van der Waals surface area contributed by atoms with E-state index in [2.05, 4.69) is 42.8 Å². The number of nitrogens with one attached hydrogen (secondary N) is 1. The first-order chi connectivity index (χ1) is 9.60. The van der Waals surface area contributed by atoms with Crippen molar-refractivity contribution in [2.75, 3.05) is 45.9 Å². The number of rotatable bonds is 5. The molecule has 0 aromatic carbocycles. The van der Waals surface area contributed by atoms with Crippen molar-refractivity contribution in [1.29, 1.82) is 0 Å². The number of piperazine rings is 1. The summed E-state index contributed by atoms with van der Waals surface area (Å²) >= 11 is 0. The Kier molecular flexibility index (Phi) is 5.84. The van der Waals surface area contributed by atoms with Gasteiger partial charge in [0.1, 0.15) is 0 Å². The fourth-order valence-corrected chi connectivity index (χ4v) is 3.42. The molecule has 0 aromatic heterocycles. The van der Waals surface area contributed by atoms with Gasteiger partial charge < -0.3 is 10.1 Å². The van der Waals surface area contributed by atoms with Gasteiger partial charge >= 0.3 is 0 Å². The van der Waals surface area contributed by atoms with Crippen molar-refractivity contribution in [3.8, 4) is 0 Å². The molecular formula is C16H33N3O. The third kappa shape index (κ3) is 3.94. The summed E-state index contributed by atoms with van der Waals surface area (Å²) in [6, 6.07) is 0.662. The summed E-state index contributed by atoms with van der Waals surface area (Å²) in [6.07, 6.45) is 2.79. The molecule has 0 aromatic rings. The molecular weight excluding hydrogens is 250 g/mol. The molecule has 2 fully saturated rings. The molecule has 0 aliphatic carbocycles. The Morgan fingerprint density at radius 2 is 2.10 bits per heavy atom. The van der Waals surface area contributed by atoms with E-state index in [4.69, 9.17) is 4.74 Å². The number of ether oxygens (including phenoxy) is 1. The minimum atomic E-state index is 0.269. The number of likely N-dealkylation sites (N-methyl/N-ethyl adjacent to an activating group) is 1. The van der Waals surface area contributed by atoms with E-state index in [0.29, 0.717) is 12.1 Å². The molecule has 3 unspecified atom stereocenters. The number of morpholine rings is 1. The van der Waals surface area contributed by atoms with Crippen LogP contribution >= 0.6 is 0 Å². The van der Waals surface area contributed by atoms with Gasteiger partial charge in [0.2, 0.25) is 0 Å². The predicted molar refractivity (Wildman–Crippen MR) is 84.2 cm³/mol. The minimum Gasteiger partial charge on any atom is -0.374 e. The minimum absolute atomic E-state index is 0.269. The number of nitrogens with zero attached hydrogens (tertiary/aromatic N) is 2. The Balaban J connectivity index is 1.93. The number of hydrogen-bond donors (Lipinski definition) is 1. The molecule has 0 bridgehead atoms. The van der Waals surface area contributed by atoms with Crippen LogP contribution in [0.25, 0.3) is 0 Å². The maximum Gasteiger partial charge on any atom is 0.0829 e. The standard InChI is InChI=1S/C16H33N3O/c1-5-14-10-17-16(4,6-2)13-19(14)12-15-11-18(7-3)8-9-20-15/h14-15,17H,5-13H2,1-4H3. The van der Waals surface area contributed by atoms with Crippen LogP contribution in [0.5, 0.6) is 0 Å². The Morgan fingerprint density at radius 3 is 2.75 bits per heavy atom. The zero-order valence-corrected chi connectivity index (χ0v) is 13.8. The molecule has 0 spiro atoms. The molecule has 4 nitrogen and oxygen atoms in total. The van der Waals surface area contributed by atoms with Crippen LogP contribution in [0.3, 0.4) is 0 Å². The van der Waals surface area contributed by atoms with Crippen LogP contribution < -0.4 is 5.32 Å². The van der Waals surface area contributed by atoms with Crippen LogP contribution in [0.15, 0.2) is 0 Å². The lowest BCUT2D eigenvalue weighted by Crippen LogP contribution is -2.64. The lowest BCUT2D eigenvalue weighted by Gasteiger charge is -2.47. The second-order valence-electron chi connectivity index (χ2n) is 6.67. The zero-order valence-electron chi connectivity index (χ0n) is 13.8. The molecule has 1 N–H and O–H groups in total. The maximum atomic E-state index is 6.00. The first kappa shape index (κ1) is 16.2. The lowest BCUT2D eigenvalue weighted by atomic mass is 9.92. The smallest absolute Gasteiger partial charge is 0.0829 e. The summed E-state index contributed by atoms with van der Waals surface area (Å²) in [5.74, 6) is 0. The SMILES string of the molecule is CCC1CNC(C)(CC)CN1CC1CN(CC)CCO1. The van der Waals surface area contributed by atoms with Crippen LogP contribution in [0.2, 0.25) is 0 Å². The van der Waals surface area contributed by atoms with E-state index >= 15 is 0 Å². The highest BCUT2D eigenvalue weighted by atomic mass is 16.5. The third-order valence-electron chi connectivity index (χ3n) is 5.19. The molecule has 118 valence electrons. The molecule has 0 saturated carbocycles. The predicted octanol–water partition coefficient (Wildman–Crippen LogP) is 1.56. The monoisotopic (exact) mass is 283 g/mol. The van der Waals surface area contributed by atoms with Gasteiger partial charge in [0.05, 0.1) is 12.7 Å². The van der Waals surface area contributed by atoms with E-state index in [-0.39, 0.29) is 5.54 Å². The van der Waals surface area contributed by atoms with Crippen molar-refractivity contribution in [3.63, 3.8) is 0 Å². The molecule has 2 aliphatic rings. The first-order valence-corrected chi connectivity index (χ1v) is 8.43. The van der Waals surface area contributed by atoms with Gasteiger partial charge in [-0.2, -0.15) is 0 Å². The number of hydrogen-bond acceptors (Lipinski definition) is 4. The fourth-order valence-electron chi connectivity index (χ4n) is 3.42. The van der Waals surface area contributed by atoms with Crippen LogP contribution in [-0.4, -0.2) is 73.4 Å². The Labute approximate surface area is 124 Å². The van der Waals surface area contributed by atoms with Gasteiger partial charge in [-0.15, -0.1) is 0 Å². The quantitative estimate of drug-likeness (QED) is 0.829. The van der Waals surface area contributed by atoms with Crippen molar-refractivity contribution < 1.29 is 4.74 Å². The van der Waals surface area contributed by atoms with E-state index in [1.54, 1.807) is 0 Å². The van der Waals surface area contributed by atoms with Gasteiger partial charge in [0.15, 0.2) is 0 Å². The average molecular weight is 283 g/mol. The fraction of sp³-hybridized carbons (Fsp3) is 1.00. The van der Waals surface area contributed by atoms with Gasteiger partial charge in [0, 0.05) is 44.3 Å². The van der Waals surface area contributed by atoms with Gasteiger partial charge in [-0.05, 0) is 26.3 Å². The van der Waals surface area contributed by atoms with E-state index in [9.17, 15) is 0 Å². The Bertz CT molecular complexity index is 299. The van der Waals surface area contributed by atoms with Gasteiger partial charge in [-0.25, -0.2) is 0 Å². The summed E-state index contributed by atoms with van der Waals surface area (Å²) in [5.41, 5.74) is 0.269. The molecule has 0 radical (unpaired) electrons. The topological polar surface area (TPSA) is 27.7 Å². The van der Waals surface area contributed by atoms with Crippen molar-refractivity contribution in [3.05, 3.63) is 0 Å². The van der Waals surface area contributed by atoms with Gasteiger partial charge in [-0.3, -0.25) is 9.80 Å². The summed E-state index contributed by atoms with van der Waals surface area (Å²) in [6.45, 7) is 16.8. The summed E-state index contributed by atoms with van der Waals surface area (Å²) in [7, 11) is 0. The highest BCUT2D eigenvalue weighted by molar-refractivity contribution is 4.95. The lowest BCUT2D eigenvalue weighted by molar-refractivity contribution is -0.0566. The largest absolute Gasteiger partial charge is 0.374 e. The average Bonchev–Trinajstić information content (AvgIpc) is 2.48. The van der Waals surface area contributed by atoms with E-state index in [1.807, 2.05) is 0 Å². The molecule has 4 heteroatoms. The van der Waals surface area contributed by atoms with Gasteiger partial charge in [-0.1, -0.05) is 20.8 Å². The zero-order chi connectivity index (χ0) is 14.6. The van der Waals surface area contributed by atoms with Crippen LogP contribution in [-0.2, 0) is 4.74 Å². The molecule has 2 saturated heterocycles. The maximum absolute atomic E-state index is 6.00. The van der Waals surface area contributed by atoms with Crippen molar-refractivity contribution >= 4 is 0 Å². The highest BCUT2D eigenvalue weighted by Gasteiger charge is 2.35. The second-order valence-corrected chi connectivity index (χ2v) is 6.67. The van der Waals surface area contributed by atoms with Crippen molar-refractivity contribution in [1.82, 2.24) is 15.1 Å². The molecule has 3 atom stereocenters. The van der Waals surface area contributed by atoms with Gasteiger partial charge in [0.25, 0.3) is 0 Å². The van der Waals surface area contributed by atoms with Crippen molar-refractivity contribution in [2.45, 2.75) is 58.2 Å². The van der Waals surface area contributed by atoms with Crippen molar-refractivity contribution in [2.24, 2.45) is 0 Å². The second kappa shape index (κ2) is 7.21. The Morgan fingerprint density at radius 1 is 1.30 bits per heavy atom. The molecule has 2 heterocycles. The summed E-state index contributed by atoms with van der Waals surface area (Å²) in [4.78, 5) is 5.18. The highest BCUT2D eigenvalue weighted by Crippen LogP contribution is 2.21. The van der Waals surface area contributed by atoms with E-state index < -0.39 is 0 Å². The normalized spacial score (nSPS) is 37.2. The summed E-state index contributed by atoms with van der Waals surface area (Å²) < 4.78 is 6.00. The van der Waals surface area contributed by atoms with Crippen LogP contribution in [0.4, 0.5) is 0 Å². The third-order valence-corrected chi connectivity index (χ3v) is 5.19. The molecule has 20 heavy (non-hydrogen) atoms. The summed E-state index contributed by atoms with van der Waals surface area (Å²) in [5, 5.41) is 3.74. The molecule has 2 rings (SSSR count). The Hall–Kier alpha value is -0.160. The van der Waals surface area contributed by atoms with Crippen LogP contribution in [0, 0.1) is 0 Å². The van der Waals surface area contributed by atoms with E-state index in [0.717, 1.165) is 45.9 Å². The molecule has 2 aliphatic heterocycles. The molecule has 0 amide bonds. The van der Waals surface area contributed by atoms with E-state index in [1.165, 1.54) is 12.8 Å². The first-order valence-electron chi connectivity index (χ1n) is 8.43. The van der Waals surface area contributed by atoms with Crippen LogP contribution in [0.1, 0.15) is 40.5 Å².